The summed E-state index contributed by atoms with van der Waals surface area (Å²) in [6.07, 6.45) is 6.19. The number of rotatable bonds is 10. The van der Waals surface area contributed by atoms with Gasteiger partial charge in [-0.3, -0.25) is 4.79 Å². The van der Waals surface area contributed by atoms with E-state index in [-0.39, 0.29) is 18.0 Å². The van der Waals surface area contributed by atoms with Gasteiger partial charge in [-0.05, 0) is 81.7 Å². The zero-order valence-corrected chi connectivity index (χ0v) is 26.4. The summed E-state index contributed by atoms with van der Waals surface area (Å²) < 4.78 is 7.16. The third-order valence-corrected chi connectivity index (χ3v) is 8.17. The number of alkyl carbamates (subject to hydrolysis) is 1. The van der Waals surface area contributed by atoms with E-state index in [4.69, 9.17) is 9.72 Å². The highest BCUT2D eigenvalue weighted by Crippen LogP contribution is 2.28. The van der Waals surface area contributed by atoms with E-state index in [0.717, 1.165) is 66.0 Å². The normalized spacial score (nSPS) is 16.7. The van der Waals surface area contributed by atoms with Crippen molar-refractivity contribution in [3.05, 3.63) is 83.7 Å². The number of aromatic nitrogens is 3. The first-order chi connectivity index (χ1) is 21.1. The molecular weight excluding hydrogens is 552 g/mol. The molecule has 0 aliphatic heterocycles. The number of anilines is 1. The van der Waals surface area contributed by atoms with Crippen molar-refractivity contribution in [2.24, 2.45) is 0 Å². The summed E-state index contributed by atoms with van der Waals surface area (Å²) in [6.45, 7) is 10.3. The molecule has 2 heterocycles. The molecule has 0 unspecified atom stereocenters. The quantitative estimate of drug-likeness (QED) is 0.180. The molecule has 2 aromatic heterocycles. The topological polar surface area (TPSA) is 110 Å². The average molecular weight is 597 g/mol. The van der Waals surface area contributed by atoms with Crippen molar-refractivity contribution in [2.75, 3.05) is 5.32 Å². The second-order valence-electron chi connectivity index (χ2n) is 12.6. The fraction of sp³-hybridized carbons (Fsp3) is 0.429. The summed E-state index contributed by atoms with van der Waals surface area (Å²) >= 11 is 0. The standard InChI is InChI=1S/C35H44N6O3/c1-6-24(7-2)30-21-32(41-31(40-30)18-19-37-41)38-28-16-17-29(20-28)39-33(42)27-14-12-26(13-15-27)25-10-8-23(9-11-25)22-36-34(43)44-35(3,4)5/h8-15,18-19,21,24,28-29,38H,6-7,16-17,20,22H2,1-5H3,(H,36,43)(H,39,42)/t28-,29-/m0/s1. The van der Waals surface area contributed by atoms with Crippen molar-refractivity contribution in [2.45, 2.75) is 96.9 Å². The third-order valence-electron chi connectivity index (χ3n) is 8.17. The second kappa shape index (κ2) is 13.5. The van der Waals surface area contributed by atoms with Crippen LogP contribution >= 0.6 is 0 Å². The van der Waals surface area contributed by atoms with E-state index in [1.165, 1.54) is 0 Å². The van der Waals surface area contributed by atoms with Gasteiger partial charge < -0.3 is 20.7 Å². The second-order valence-corrected chi connectivity index (χ2v) is 12.6. The summed E-state index contributed by atoms with van der Waals surface area (Å²) in [5, 5.41) is 14.2. The van der Waals surface area contributed by atoms with E-state index in [9.17, 15) is 9.59 Å². The molecule has 2 atom stereocenters. The zero-order valence-electron chi connectivity index (χ0n) is 26.4. The largest absolute Gasteiger partial charge is 0.444 e. The van der Waals surface area contributed by atoms with Crippen LogP contribution in [-0.4, -0.2) is 44.3 Å². The molecule has 0 radical (unpaired) electrons. The van der Waals surface area contributed by atoms with Crippen LogP contribution in [-0.2, 0) is 11.3 Å². The molecule has 44 heavy (non-hydrogen) atoms. The van der Waals surface area contributed by atoms with Gasteiger partial charge in [-0.2, -0.15) is 9.61 Å². The molecule has 232 valence electrons. The van der Waals surface area contributed by atoms with E-state index in [0.29, 0.717) is 18.0 Å². The van der Waals surface area contributed by atoms with Crippen molar-refractivity contribution in [3.8, 4) is 11.1 Å². The van der Waals surface area contributed by atoms with Gasteiger partial charge in [0, 0.05) is 47.9 Å². The molecule has 0 saturated heterocycles. The van der Waals surface area contributed by atoms with Crippen LogP contribution in [0.25, 0.3) is 16.8 Å². The maximum atomic E-state index is 13.1. The lowest BCUT2D eigenvalue weighted by atomic mass is 9.99. The number of ether oxygens (including phenoxy) is 1. The molecule has 5 rings (SSSR count). The van der Waals surface area contributed by atoms with E-state index in [1.807, 2.05) is 79.9 Å². The minimum absolute atomic E-state index is 0.0554. The van der Waals surface area contributed by atoms with Crippen molar-refractivity contribution < 1.29 is 14.3 Å². The van der Waals surface area contributed by atoms with Crippen molar-refractivity contribution in [1.29, 1.82) is 0 Å². The van der Waals surface area contributed by atoms with Gasteiger partial charge in [-0.1, -0.05) is 50.2 Å². The average Bonchev–Trinajstić information content (AvgIpc) is 3.66. The Morgan fingerprint density at radius 2 is 1.61 bits per heavy atom. The Morgan fingerprint density at radius 3 is 2.27 bits per heavy atom. The van der Waals surface area contributed by atoms with Crippen LogP contribution in [0.15, 0.2) is 66.9 Å². The van der Waals surface area contributed by atoms with Crippen LogP contribution in [0.3, 0.4) is 0 Å². The lowest BCUT2D eigenvalue weighted by Gasteiger charge is -2.19. The monoisotopic (exact) mass is 596 g/mol. The first kappa shape index (κ1) is 31.0. The number of hydrogen-bond donors (Lipinski definition) is 3. The number of carbonyl (C=O) groups is 2. The maximum Gasteiger partial charge on any atom is 0.407 e. The molecule has 1 saturated carbocycles. The molecule has 2 aromatic carbocycles. The minimum Gasteiger partial charge on any atom is -0.444 e. The van der Waals surface area contributed by atoms with Gasteiger partial charge >= 0.3 is 6.09 Å². The first-order valence-electron chi connectivity index (χ1n) is 15.7. The Kier molecular flexibility index (Phi) is 9.52. The number of carbonyl (C=O) groups excluding carboxylic acids is 2. The lowest BCUT2D eigenvalue weighted by molar-refractivity contribution is 0.0523. The Morgan fingerprint density at radius 1 is 0.955 bits per heavy atom. The molecular formula is C35H44N6O3. The molecule has 1 aliphatic carbocycles. The van der Waals surface area contributed by atoms with E-state index in [2.05, 4.69) is 41.0 Å². The fourth-order valence-corrected chi connectivity index (χ4v) is 5.79. The molecule has 9 heteroatoms. The number of benzene rings is 2. The highest BCUT2D eigenvalue weighted by atomic mass is 16.6. The summed E-state index contributed by atoms with van der Waals surface area (Å²) in [7, 11) is 0. The Bertz CT molecular complexity index is 1570. The molecule has 2 amide bonds. The highest BCUT2D eigenvalue weighted by molar-refractivity contribution is 5.95. The van der Waals surface area contributed by atoms with Crippen LogP contribution in [0.2, 0.25) is 0 Å². The van der Waals surface area contributed by atoms with E-state index in [1.54, 1.807) is 6.20 Å². The van der Waals surface area contributed by atoms with Crippen LogP contribution in [0.4, 0.5) is 10.6 Å². The molecule has 1 aliphatic rings. The molecule has 0 bridgehead atoms. The number of amides is 2. The van der Waals surface area contributed by atoms with Crippen LogP contribution < -0.4 is 16.0 Å². The highest BCUT2D eigenvalue weighted by Gasteiger charge is 2.27. The van der Waals surface area contributed by atoms with Gasteiger partial charge in [-0.25, -0.2) is 9.78 Å². The smallest absolute Gasteiger partial charge is 0.407 e. The van der Waals surface area contributed by atoms with Gasteiger partial charge in [-0.15, -0.1) is 0 Å². The molecule has 3 N–H and O–H groups in total. The van der Waals surface area contributed by atoms with E-state index >= 15 is 0 Å². The van der Waals surface area contributed by atoms with Gasteiger partial charge in [0.25, 0.3) is 5.91 Å². The van der Waals surface area contributed by atoms with Crippen molar-refractivity contribution in [1.82, 2.24) is 25.2 Å². The predicted molar refractivity (Wildman–Crippen MR) is 174 cm³/mol. The van der Waals surface area contributed by atoms with Gasteiger partial charge in [0.15, 0.2) is 5.65 Å². The van der Waals surface area contributed by atoms with Gasteiger partial charge in [0.2, 0.25) is 0 Å². The summed E-state index contributed by atoms with van der Waals surface area (Å²) in [6, 6.07) is 20.1. The minimum atomic E-state index is -0.528. The molecule has 0 spiro atoms. The predicted octanol–water partition coefficient (Wildman–Crippen LogP) is 7.09. The third kappa shape index (κ3) is 7.75. The summed E-state index contributed by atoms with van der Waals surface area (Å²) in [4.78, 5) is 29.9. The van der Waals surface area contributed by atoms with Crippen LogP contribution in [0.5, 0.6) is 0 Å². The summed E-state index contributed by atoms with van der Waals surface area (Å²) in [5.74, 6) is 1.33. The molecule has 1 fully saturated rings. The van der Waals surface area contributed by atoms with E-state index < -0.39 is 11.7 Å². The zero-order chi connectivity index (χ0) is 31.3. The Labute approximate surface area is 259 Å². The lowest BCUT2D eigenvalue weighted by Crippen LogP contribution is -2.34. The van der Waals surface area contributed by atoms with Crippen molar-refractivity contribution in [3.63, 3.8) is 0 Å². The maximum absolute atomic E-state index is 13.1. The first-order valence-corrected chi connectivity index (χ1v) is 15.7. The number of nitrogens with one attached hydrogen (secondary N) is 3. The Hall–Kier alpha value is -4.40. The van der Waals surface area contributed by atoms with Crippen LogP contribution in [0.1, 0.15) is 94.3 Å². The SMILES string of the molecule is CCC(CC)c1cc(N[C@H]2CC[C@H](NC(=O)c3ccc(-c4ccc(CNC(=O)OC(C)(C)C)cc4)cc3)C2)n2nccc2n1. The molecule has 4 aromatic rings. The van der Waals surface area contributed by atoms with Crippen LogP contribution in [0, 0.1) is 0 Å². The number of nitrogens with zero attached hydrogens (tertiary/aromatic N) is 3. The molecule has 9 nitrogen and oxygen atoms in total. The van der Waals surface area contributed by atoms with Gasteiger partial charge in [0.1, 0.15) is 11.4 Å². The number of hydrogen-bond acceptors (Lipinski definition) is 6. The van der Waals surface area contributed by atoms with Crippen molar-refractivity contribution >= 4 is 23.5 Å². The number of fused-ring (bicyclic) bond motifs is 1. The fourth-order valence-electron chi connectivity index (χ4n) is 5.79. The van der Waals surface area contributed by atoms with Gasteiger partial charge in [0.05, 0.1) is 6.20 Å². The summed E-state index contributed by atoms with van der Waals surface area (Å²) in [5.41, 5.74) is 5.11. The Balaban J connectivity index is 1.14.